The summed E-state index contributed by atoms with van der Waals surface area (Å²) in [5.74, 6) is -1.22. The van der Waals surface area contributed by atoms with Gasteiger partial charge in [0, 0.05) is 17.1 Å². The molecule has 2 aromatic carbocycles. The third kappa shape index (κ3) is 2.52. The number of imide groups is 1. The first-order chi connectivity index (χ1) is 12.9. The van der Waals surface area contributed by atoms with Crippen LogP contribution in [0, 0.1) is 6.92 Å². The van der Waals surface area contributed by atoms with E-state index in [-0.39, 0.29) is 6.54 Å². The molecular formula is C20H16ClN3O3. The second-order valence-corrected chi connectivity index (χ2v) is 6.93. The van der Waals surface area contributed by atoms with Crippen molar-refractivity contribution in [2.75, 3.05) is 11.9 Å². The van der Waals surface area contributed by atoms with E-state index < -0.39 is 23.4 Å². The standard InChI is InChI=1S/C20H16ClN3O3/c1-12-10-14(21)11-15-16(12)22-17(25)20(15)18(26)23-19(27)24(20)9-5-8-13-6-3-2-4-7-13/h2-8,10-11H,9H2,1H3,(H,22,25)(H,23,26,27)/t20-/m1/s1. The highest BCUT2D eigenvalue weighted by Gasteiger charge is 2.63. The summed E-state index contributed by atoms with van der Waals surface area (Å²) in [6, 6.07) is 12.2. The van der Waals surface area contributed by atoms with Crippen LogP contribution in [0.15, 0.2) is 48.5 Å². The second-order valence-electron chi connectivity index (χ2n) is 6.49. The molecule has 1 saturated heterocycles. The highest BCUT2D eigenvalue weighted by molar-refractivity contribution is 6.32. The van der Waals surface area contributed by atoms with Gasteiger partial charge in [-0.05, 0) is 30.2 Å². The van der Waals surface area contributed by atoms with Gasteiger partial charge in [0.1, 0.15) is 0 Å². The van der Waals surface area contributed by atoms with Gasteiger partial charge in [0.15, 0.2) is 0 Å². The Kier molecular flexibility index (Phi) is 4.00. The predicted molar refractivity (Wildman–Crippen MR) is 102 cm³/mol. The highest BCUT2D eigenvalue weighted by Crippen LogP contribution is 2.45. The lowest BCUT2D eigenvalue weighted by Gasteiger charge is -2.29. The lowest BCUT2D eigenvalue weighted by atomic mass is 9.88. The fourth-order valence-electron chi connectivity index (χ4n) is 3.62. The van der Waals surface area contributed by atoms with Gasteiger partial charge in [-0.3, -0.25) is 19.8 Å². The molecule has 4 rings (SSSR count). The van der Waals surface area contributed by atoms with E-state index in [1.807, 2.05) is 36.4 Å². The van der Waals surface area contributed by atoms with Gasteiger partial charge in [-0.1, -0.05) is 54.1 Å². The average Bonchev–Trinajstić information content (AvgIpc) is 3.06. The molecule has 136 valence electrons. The minimum absolute atomic E-state index is 0.0882. The fourth-order valence-corrected chi connectivity index (χ4v) is 3.90. The number of hydrogen-bond acceptors (Lipinski definition) is 3. The Hall–Kier alpha value is -3.12. The molecule has 2 aromatic rings. The van der Waals surface area contributed by atoms with Crippen molar-refractivity contribution in [2.45, 2.75) is 12.5 Å². The Bertz CT molecular complexity index is 1000. The summed E-state index contributed by atoms with van der Waals surface area (Å²) >= 11 is 6.17. The molecule has 7 heteroatoms. The number of urea groups is 1. The molecule has 27 heavy (non-hydrogen) atoms. The topological polar surface area (TPSA) is 78.5 Å². The van der Waals surface area contributed by atoms with E-state index in [9.17, 15) is 14.4 Å². The quantitative estimate of drug-likeness (QED) is 0.633. The normalized spacial score (nSPS) is 21.1. The Morgan fingerprint density at radius 3 is 2.52 bits per heavy atom. The van der Waals surface area contributed by atoms with Crippen molar-refractivity contribution in [1.29, 1.82) is 0 Å². The average molecular weight is 382 g/mol. The minimum Gasteiger partial charge on any atom is -0.323 e. The number of amides is 4. The van der Waals surface area contributed by atoms with Gasteiger partial charge < -0.3 is 5.32 Å². The van der Waals surface area contributed by atoms with Crippen LogP contribution in [-0.2, 0) is 15.1 Å². The number of halogens is 1. The Labute approximate surface area is 160 Å². The molecule has 2 aliphatic heterocycles. The molecule has 2 heterocycles. The molecular weight excluding hydrogens is 366 g/mol. The van der Waals surface area contributed by atoms with Crippen LogP contribution in [0.2, 0.25) is 5.02 Å². The van der Waals surface area contributed by atoms with Crippen molar-refractivity contribution in [2.24, 2.45) is 0 Å². The van der Waals surface area contributed by atoms with E-state index in [1.165, 1.54) is 4.90 Å². The number of carbonyl (C=O) groups excluding carboxylic acids is 3. The van der Waals surface area contributed by atoms with E-state index in [0.717, 1.165) is 11.1 Å². The first-order valence-electron chi connectivity index (χ1n) is 8.41. The fraction of sp³-hybridized carbons (Fsp3) is 0.150. The van der Waals surface area contributed by atoms with Crippen LogP contribution in [0.25, 0.3) is 6.08 Å². The summed E-state index contributed by atoms with van der Waals surface area (Å²) in [7, 11) is 0. The Morgan fingerprint density at radius 2 is 1.78 bits per heavy atom. The van der Waals surface area contributed by atoms with E-state index >= 15 is 0 Å². The van der Waals surface area contributed by atoms with Crippen LogP contribution in [-0.4, -0.2) is 29.3 Å². The SMILES string of the molecule is Cc1cc(Cl)cc2c1NC(=O)[C@@]21C(=O)NC(=O)N1CC=Cc1ccccc1. The summed E-state index contributed by atoms with van der Waals surface area (Å²) in [6.45, 7) is 1.88. The van der Waals surface area contributed by atoms with Gasteiger partial charge in [-0.25, -0.2) is 4.79 Å². The number of benzene rings is 2. The third-order valence-electron chi connectivity index (χ3n) is 4.85. The van der Waals surface area contributed by atoms with Crippen molar-refractivity contribution in [3.8, 4) is 0 Å². The third-order valence-corrected chi connectivity index (χ3v) is 5.07. The number of aryl methyl sites for hydroxylation is 1. The lowest BCUT2D eigenvalue weighted by Crippen LogP contribution is -2.52. The monoisotopic (exact) mass is 381 g/mol. The molecule has 0 unspecified atom stereocenters. The van der Waals surface area contributed by atoms with Crippen LogP contribution in [0.4, 0.5) is 10.5 Å². The van der Waals surface area contributed by atoms with E-state index in [0.29, 0.717) is 16.3 Å². The number of rotatable bonds is 3. The van der Waals surface area contributed by atoms with Gasteiger partial charge in [0.2, 0.25) is 5.54 Å². The van der Waals surface area contributed by atoms with E-state index in [4.69, 9.17) is 11.6 Å². The van der Waals surface area contributed by atoms with Crippen LogP contribution in [0.5, 0.6) is 0 Å². The van der Waals surface area contributed by atoms with E-state index in [1.54, 1.807) is 25.1 Å². The largest absolute Gasteiger partial charge is 0.325 e. The molecule has 0 aliphatic carbocycles. The van der Waals surface area contributed by atoms with E-state index in [2.05, 4.69) is 10.6 Å². The zero-order valence-electron chi connectivity index (χ0n) is 14.5. The van der Waals surface area contributed by atoms with Crippen molar-refractivity contribution in [1.82, 2.24) is 10.2 Å². The summed E-state index contributed by atoms with van der Waals surface area (Å²) < 4.78 is 0. The van der Waals surface area contributed by atoms with Gasteiger partial charge >= 0.3 is 6.03 Å². The maximum Gasteiger partial charge on any atom is 0.325 e. The van der Waals surface area contributed by atoms with Crippen molar-refractivity contribution in [3.05, 3.63) is 70.3 Å². The Morgan fingerprint density at radius 1 is 1.07 bits per heavy atom. The summed E-state index contributed by atoms with van der Waals surface area (Å²) in [5, 5.41) is 5.40. The van der Waals surface area contributed by atoms with Gasteiger partial charge in [-0.15, -0.1) is 0 Å². The minimum atomic E-state index is -1.75. The van der Waals surface area contributed by atoms with Crippen molar-refractivity contribution >= 4 is 41.2 Å². The molecule has 1 spiro atoms. The number of carbonyl (C=O) groups is 3. The van der Waals surface area contributed by atoms with Crippen LogP contribution in [0.3, 0.4) is 0 Å². The molecule has 1 atom stereocenters. The van der Waals surface area contributed by atoms with Gasteiger partial charge in [0.05, 0.1) is 5.69 Å². The summed E-state index contributed by atoms with van der Waals surface area (Å²) in [4.78, 5) is 39.3. The molecule has 0 radical (unpaired) electrons. The Balaban J connectivity index is 1.77. The smallest absolute Gasteiger partial charge is 0.323 e. The lowest BCUT2D eigenvalue weighted by molar-refractivity contribution is -0.136. The van der Waals surface area contributed by atoms with Crippen molar-refractivity contribution in [3.63, 3.8) is 0 Å². The number of nitrogens with zero attached hydrogens (tertiary/aromatic N) is 1. The predicted octanol–water partition coefficient (Wildman–Crippen LogP) is 3.06. The van der Waals surface area contributed by atoms with Crippen LogP contribution >= 0.6 is 11.6 Å². The zero-order valence-corrected chi connectivity index (χ0v) is 15.2. The van der Waals surface area contributed by atoms with Gasteiger partial charge in [0.25, 0.3) is 11.8 Å². The molecule has 6 nitrogen and oxygen atoms in total. The number of fused-ring (bicyclic) bond motifs is 2. The maximum atomic E-state index is 12.9. The highest BCUT2D eigenvalue weighted by atomic mass is 35.5. The summed E-state index contributed by atoms with van der Waals surface area (Å²) in [6.07, 6.45) is 3.58. The molecule has 0 bridgehead atoms. The van der Waals surface area contributed by atoms with Crippen molar-refractivity contribution < 1.29 is 14.4 Å². The maximum absolute atomic E-state index is 12.9. The molecule has 1 fully saturated rings. The first kappa shape index (κ1) is 17.3. The molecule has 2 aliphatic rings. The van der Waals surface area contributed by atoms with Crippen LogP contribution < -0.4 is 10.6 Å². The molecule has 0 saturated carbocycles. The zero-order chi connectivity index (χ0) is 19.2. The van der Waals surface area contributed by atoms with Gasteiger partial charge in [-0.2, -0.15) is 0 Å². The second kappa shape index (κ2) is 6.25. The molecule has 0 aromatic heterocycles. The number of nitrogens with one attached hydrogen (secondary N) is 2. The molecule has 2 N–H and O–H groups in total. The first-order valence-corrected chi connectivity index (χ1v) is 8.79. The summed E-state index contributed by atoms with van der Waals surface area (Å²) in [5.41, 5.74) is 0.853. The molecule has 4 amide bonds. The number of anilines is 1. The number of hydrogen-bond donors (Lipinski definition) is 2. The van der Waals surface area contributed by atoms with Crippen LogP contribution in [0.1, 0.15) is 16.7 Å².